The second-order valence-corrected chi connectivity index (χ2v) is 1.57. The highest BCUT2D eigenvalue weighted by Gasteiger charge is 1.64. The molecule has 1 rings (SSSR count). The van der Waals surface area contributed by atoms with E-state index in [2.05, 4.69) is 4.42 Å². The first-order valence-corrected chi connectivity index (χ1v) is 3.46. The SMILES string of the molecule is CCOCC.c1ccoc1. The smallest absolute Gasteiger partial charge is 0.0902 e. The third-order valence-electron chi connectivity index (χ3n) is 0.834. The van der Waals surface area contributed by atoms with Crippen LogP contribution in [0.2, 0.25) is 0 Å². The van der Waals surface area contributed by atoms with Gasteiger partial charge in [0, 0.05) is 13.2 Å². The van der Waals surface area contributed by atoms with Crippen molar-refractivity contribution in [1.82, 2.24) is 0 Å². The van der Waals surface area contributed by atoms with Crippen LogP contribution in [-0.2, 0) is 4.74 Å². The van der Waals surface area contributed by atoms with E-state index in [9.17, 15) is 0 Å². The first-order chi connectivity index (χ1) is 4.91. The van der Waals surface area contributed by atoms with Gasteiger partial charge in [-0.15, -0.1) is 0 Å². The highest BCUT2D eigenvalue weighted by atomic mass is 16.5. The number of rotatable bonds is 2. The van der Waals surface area contributed by atoms with Gasteiger partial charge in [-0.2, -0.15) is 0 Å². The lowest BCUT2D eigenvalue weighted by Gasteiger charge is -1.86. The van der Waals surface area contributed by atoms with E-state index in [1.165, 1.54) is 0 Å². The zero-order chi connectivity index (χ0) is 7.66. The molecule has 0 spiro atoms. The minimum atomic E-state index is 0.844. The molecule has 1 aromatic rings. The van der Waals surface area contributed by atoms with Gasteiger partial charge in [-0.1, -0.05) is 0 Å². The largest absolute Gasteiger partial charge is 0.473 e. The molecule has 0 bridgehead atoms. The lowest BCUT2D eigenvalue weighted by atomic mass is 10.7. The molecular formula is C8H14O2. The van der Waals surface area contributed by atoms with Crippen molar-refractivity contribution in [2.24, 2.45) is 0 Å². The highest BCUT2D eigenvalue weighted by molar-refractivity contribution is 4.79. The van der Waals surface area contributed by atoms with Gasteiger partial charge in [0.2, 0.25) is 0 Å². The fourth-order valence-corrected chi connectivity index (χ4v) is 0.431. The third-order valence-corrected chi connectivity index (χ3v) is 0.834. The summed E-state index contributed by atoms with van der Waals surface area (Å²) in [5.74, 6) is 0. The van der Waals surface area contributed by atoms with Crippen molar-refractivity contribution in [2.75, 3.05) is 13.2 Å². The standard InChI is InChI=1S/C4H4O.C4H10O/c1-2-4-5-3-1;1-3-5-4-2/h1-4H;3-4H2,1-2H3. The lowest BCUT2D eigenvalue weighted by molar-refractivity contribution is 0.162. The van der Waals surface area contributed by atoms with Crippen molar-refractivity contribution in [3.05, 3.63) is 24.7 Å². The maximum Gasteiger partial charge on any atom is 0.0902 e. The summed E-state index contributed by atoms with van der Waals surface area (Å²) in [5.41, 5.74) is 0. The van der Waals surface area contributed by atoms with Crippen LogP contribution in [0.15, 0.2) is 29.1 Å². The molecule has 58 valence electrons. The summed E-state index contributed by atoms with van der Waals surface area (Å²) in [6.07, 6.45) is 3.25. The molecule has 1 aromatic heterocycles. The average molecular weight is 142 g/mol. The Bertz CT molecular complexity index is 93.6. The van der Waals surface area contributed by atoms with Crippen LogP contribution in [-0.4, -0.2) is 13.2 Å². The highest BCUT2D eigenvalue weighted by Crippen LogP contribution is 1.79. The molecular weight excluding hydrogens is 128 g/mol. The molecule has 0 aliphatic rings. The van der Waals surface area contributed by atoms with Crippen molar-refractivity contribution in [3.8, 4) is 0 Å². The van der Waals surface area contributed by atoms with Gasteiger partial charge < -0.3 is 9.15 Å². The normalized spacial score (nSPS) is 8.20. The average Bonchev–Trinajstić information content (AvgIpc) is 2.44. The van der Waals surface area contributed by atoms with E-state index in [-0.39, 0.29) is 0 Å². The Morgan fingerprint density at radius 1 is 1.10 bits per heavy atom. The second-order valence-electron chi connectivity index (χ2n) is 1.57. The number of ether oxygens (including phenoxy) is 1. The van der Waals surface area contributed by atoms with E-state index in [1.807, 2.05) is 26.0 Å². The molecule has 0 N–H and O–H groups in total. The Morgan fingerprint density at radius 2 is 1.60 bits per heavy atom. The summed E-state index contributed by atoms with van der Waals surface area (Å²) in [5, 5.41) is 0. The maximum absolute atomic E-state index is 4.83. The van der Waals surface area contributed by atoms with E-state index in [0.29, 0.717) is 0 Å². The second kappa shape index (κ2) is 8.24. The van der Waals surface area contributed by atoms with Gasteiger partial charge in [0.05, 0.1) is 12.5 Å². The Kier molecular flexibility index (Phi) is 7.61. The molecule has 0 atom stereocenters. The van der Waals surface area contributed by atoms with Gasteiger partial charge in [-0.25, -0.2) is 0 Å². The van der Waals surface area contributed by atoms with Crippen LogP contribution in [0.25, 0.3) is 0 Å². The van der Waals surface area contributed by atoms with E-state index in [1.54, 1.807) is 12.5 Å². The van der Waals surface area contributed by atoms with E-state index < -0.39 is 0 Å². The Balaban J connectivity index is 0.000000162. The molecule has 0 saturated heterocycles. The van der Waals surface area contributed by atoms with Crippen LogP contribution in [0.3, 0.4) is 0 Å². The van der Waals surface area contributed by atoms with Crippen molar-refractivity contribution in [2.45, 2.75) is 13.8 Å². The molecule has 2 nitrogen and oxygen atoms in total. The molecule has 0 unspecified atom stereocenters. The predicted molar refractivity (Wildman–Crippen MR) is 40.9 cm³/mol. The fourth-order valence-electron chi connectivity index (χ4n) is 0.431. The van der Waals surface area contributed by atoms with Crippen molar-refractivity contribution in [3.63, 3.8) is 0 Å². The topological polar surface area (TPSA) is 22.4 Å². The summed E-state index contributed by atoms with van der Waals surface area (Å²) in [6, 6.07) is 3.67. The molecule has 0 saturated carbocycles. The molecule has 0 amide bonds. The molecule has 0 aliphatic carbocycles. The van der Waals surface area contributed by atoms with Gasteiger partial charge in [-0.3, -0.25) is 0 Å². The van der Waals surface area contributed by atoms with Crippen molar-refractivity contribution >= 4 is 0 Å². The van der Waals surface area contributed by atoms with E-state index in [4.69, 9.17) is 4.74 Å². The molecule has 0 aromatic carbocycles. The van der Waals surface area contributed by atoms with Gasteiger partial charge in [-0.05, 0) is 26.0 Å². The molecule has 0 aliphatic heterocycles. The molecule has 0 fully saturated rings. The molecule has 2 heteroatoms. The van der Waals surface area contributed by atoms with Gasteiger partial charge in [0.15, 0.2) is 0 Å². The summed E-state index contributed by atoms with van der Waals surface area (Å²) in [7, 11) is 0. The van der Waals surface area contributed by atoms with Crippen LogP contribution >= 0.6 is 0 Å². The number of hydrogen-bond acceptors (Lipinski definition) is 2. The van der Waals surface area contributed by atoms with E-state index in [0.717, 1.165) is 13.2 Å². The monoisotopic (exact) mass is 142 g/mol. The van der Waals surface area contributed by atoms with Crippen LogP contribution in [0.1, 0.15) is 13.8 Å². The third kappa shape index (κ3) is 7.24. The van der Waals surface area contributed by atoms with Crippen LogP contribution in [0, 0.1) is 0 Å². The van der Waals surface area contributed by atoms with Crippen LogP contribution < -0.4 is 0 Å². The summed E-state index contributed by atoms with van der Waals surface area (Å²) in [4.78, 5) is 0. The lowest BCUT2D eigenvalue weighted by Crippen LogP contribution is -1.84. The minimum absolute atomic E-state index is 0.844. The van der Waals surface area contributed by atoms with Gasteiger partial charge in [0.1, 0.15) is 0 Å². The Hall–Kier alpha value is -0.760. The Labute approximate surface area is 61.8 Å². The van der Waals surface area contributed by atoms with Gasteiger partial charge in [0.25, 0.3) is 0 Å². The minimum Gasteiger partial charge on any atom is -0.473 e. The van der Waals surface area contributed by atoms with Crippen molar-refractivity contribution < 1.29 is 9.15 Å². The first kappa shape index (κ1) is 9.24. The van der Waals surface area contributed by atoms with Crippen LogP contribution in [0.5, 0.6) is 0 Å². The predicted octanol–water partition coefficient (Wildman–Crippen LogP) is 2.32. The molecule has 10 heavy (non-hydrogen) atoms. The quantitative estimate of drug-likeness (QED) is 0.632. The fraction of sp³-hybridized carbons (Fsp3) is 0.500. The summed E-state index contributed by atoms with van der Waals surface area (Å²) < 4.78 is 9.42. The number of hydrogen-bond donors (Lipinski definition) is 0. The molecule has 1 heterocycles. The Morgan fingerprint density at radius 3 is 1.70 bits per heavy atom. The van der Waals surface area contributed by atoms with Gasteiger partial charge >= 0.3 is 0 Å². The maximum atomic E-state index is 4.83. The number of furan rings is 1. The molecule has 0 radical (unpaired) electrons. The zero-order valence-corrected chi connectivity index (χ0v) is 6.54. The van der Waals surface area contributed by atoms with Crippen LogP contribution in [0.4, 0.5) is 0 Å². The summed E-state index contributed by atoms with van der Waals surface area (Å²) in [6.45, 7) is 5.67. The zero-order valence-electron chi connectivity index (χ0n) is 6.54. The van der Waals surface area contributed by atoms with E-state index >= 15 is 0 Å². The first-order valence-electron chi connectivity index (χ1n) is 3.46. The van der Waals surface area contributed by atoms with Crippen molar-refractivity contribution in [1.29, 1.82) is 0 Å². The summed E-state index contributed by atoms with van der Waals surface area (Å²) >= 11 is 0.